The lowest BCUT2D eigenvalue weighted by molar-refractivity contribution is -0.137. The quantitative estimate of drug-likeness (QED) is 0.388. The Labute approximate surface area is 171 Å². The van der Waals surface area contributed by atoms with Crippen LogP contribution in [0.3, 0.4) is 0 Å². The zero-order valence-electron chi connectivity index (χ0n) is 16.0. The van der Waals surface area contributed by atoms with E-state index >= 15 is 0 Å². The highest BCUT2D eigenvalue weighted by Gasteiger charge is 2.30. The van der Waals surface area contributed by atoms with Gasteiger partial charge in [-0.25, -0.2) is 0 Å². The van der Waals surface area contributed by atoms with E-state index in [1.54, 1.807) is 17.4 Å². The summed E-state index contributed by atoms with van der Waals surface area (Å²) in [4.78, 5) is 1.31. The fourth-order valence-corrected chi connectivity index (χ4v) is 4.88. The number of alkyl halides is 3. The van der Waals surface area contributed by atoms with Crippen molar-refractivity contribution in [3.63, 3.8) is 0 Å². The summed E-state index contributed by atoms with van der Waals surface area (Å²) in [5, 5.41) is 11.5. The maximum absolute atomic E-state index is 12.9. The van der Waals surface area contributed by atoms with Crippen molar-refractivity contribution in [3.8, 4) is 11.4 Å². The molecule has 0 saturated carbocycles. The number of halogens is 3. The molecule has 0 aliphatic carbocycles. The molecular weight excluding hydrogens is 403 g/mol. The SMILES string of the molecule is CCCc1cc(-c2nnc(SCc3cccc(C(F)(F)F)c3)n2C(C)C)cs1. The molecule has 2 aromatic heterocycles. The van der Waals surface area contributed by atoms with E-state index in [-0.39, 0.29) is 6.04 Å². The fraction of sp³-hybridized carbons (Fsp3) is 0.400. The van der Waals surface area contributed by atoms with Crippen LogP contribution in [0.1, 0.15) is 49.2 Å². The van der Waals surface area contributed by atoms with E-state index in [1.807, 2.05) is 0 Å². The van der Waals surface area contributed by atoms with Crippen LogP contribution >= 0.6 is 23.1 Å². The second-order valence-corrected chi connectivity index (χ2v) is 8.75. The first kappa shape index (κ1) is 20.9. The molecule has 0 spiro atoms. The highest BCUT2D eigenvalue weighted by molar-refractivity contribution is 7.98. The lowest BCUT2D eigenvalue weighted by Crippen LogP contribution is -2.06. The molecule has 0 amide bonds. The van der Waals surface area contributed by atoms with Gasteiger partial charge in [0, 0.05) is 27.6 Å². The average molecular weight is 426 g/mol. The minimum atomic E-state index is -4.33. The van der Waals surface area contributed by atoms with Crippen LogP contribution in [0.4, 0.5) is 13.2 Å². The minimum Gasteiger partial charge on any atom is -0.299 e. The zero-order valence-corrected chi connectivity index (χ0v) is 17.6. The smallest absolute Gasteiger partial charge is 0.299 e. The first-order valence-electron chi connectivity index (χ1n) is 9.11. The second-order valence-electron chi connectivity index (χ2n) is 6.81. The number of hydrogen-bond acceptors (Lipinski definition) is 4. The van der Waals surface area contributed by atoms with E-state index in [4.69, 9.17) is 0 Å². The number of nitrogens with zero attached hydrogens (tertiary/aromatic N) is 3. The van der Waals surface area contributed by atoms with Crippen molar-refractivity contribution in [3.05, 3.63) is 51.7 Å². The van der Waals surface area contributed by atoms with E-state index in [2.05, 4.69) is 47.0 Å². The van der Waals surface area contributed by atoms with Crippen LogP contribution in [-0.2, 0) is 18.3 Å². The molecule has 150 valence electrons. The first-order chi connectivity index (χ1) is 13.3. The number of aryl methyl sites for hydroxylation is 1. The topological polar surface area (TPSA) is 30.7 Å². The van der Waals surface area contributed by atoms with Gasteiger partial charge in [-0.15, -0.1) is 21.5 Å². The molecule has 1 aromatic carbocycles. The molecule has 8 heteroatoms. The predicted octanol–water partition coefficient (Wildman–Crippen LogP) is 6.85. The number of hydrogen-bond donors (Lipinski definition) is 0. The van der Waals surface area contributed by atoms with Gasteiger partial charge in [-0.05, 0) is 38.0 Å². The van der Waals surface area contributed by atoms with Crippen molar-refractivity contribution in [2.24, 2.45) is 0 Å². The van der Waals surface area contributed by atoms with Gasteiger partial charge in [0.15, 0.2) is 11.0 Å². The predicted molar refractivity (Wildman–Crippen MR) is 109 cm³/mol. The molecule has 0 N–H and O–H groups in total. The van der Waals surface area contributed by atoms with Crippen LogP contribution < -0.4 is 0 Å². The summed E-state index contributed by atoms with van der Waals surface area (Å²) in [5.74, 6) is 1.21. The first-order valence-corrected chi connectivity index (χ1v) is 11.0. The standard InChI is InChI=1S/C20H22F3N3S2/c1-4-6-17-10-15(12-27-17)18-24-25-19(26(18)13(2)3)28-11-14-7-5-8-16(9-14)20(21,22)23/h5,7-10,12-13H,4,6,11H2,1-3H3. The fourth-order valence-electron chi connectivity index (χ4n) is 2.90. The van der Waals surface area contributed by atoms with E-state index in [0.29, 0.717) is 16.5 Å². The highest BCUT2D eigenvalue weighted by Crippen LogP contribution is 2.33. The Morgan fingerprint density at radius 1 is 1.18 bits per heavy atom. The van der Waals surface area contributed by atoms with Crippen molar-refractivity contribution in [1.29, 1.82) is 0 Å². The summed E-state index contributed by atoms with van der Waals surface area (Å²) < 4.78 is 40.8. The van der Waals surface area contributed by atoms with Crippen molar-refractivity contribution < 1.29 is 13.2 Å². The van der Waals surface area contributed by atoms with Crippen LogP contribution in [0.25, 0.3) is 11.4 Å². The maximum Gasteiger partial charge on any atom is 0.416 e. The van der Waals surface area contributed by atoms with Gasteiger partial charge >= 0.3 is 6.18 Å². The third kappa shape index (κ3) is 4.78. The molecule has 0 radical (unpaired) electrons. The van der Waals surface area contributed by atoms with Crippen molar-refractivity contribution in [2.45, 2.75) is 56.7 Å². The van der Waals surface area contributed by atoms with Crippen LogP contribution in [0.2, 0.25) is 0 Å². The van der Waals surface area contributed by atoms with Gasteiger partial charge in [-0.2, -0.15) is 13.2 Å². The molecule has 3 rings (SSSR count). The van der Waals surface area contributed by atoms with Crippen LogP contribution in [0, 0.1) is 0 Å². The number of rotatable bonds is 7. The van der Waals surface area contributed by atoms with E-state index in [0.717, 1.165) is 30.3 Å². The van der Waals surface area contributed by atoms with Gasteiger partial charge < -0.3 is 0 Å². The van der Waals surface area contributed by atoms with Gasteiger partial charge in [-0.3, -0.25) is 4.57 Å². The molecule has 0 aliphatic heterocycles. The Balaban J connectivity index is 1.82. The van der Waals surface area contributed by atoms with E-state index < -0.39 is 11.7 Å². The Morgan fingerprint density at radius 2 is 1.96 bits per heavy atom. The van der Waals surface area contributed by atoms with Gasteiger partial charge in [0.05, 0.1) is 5.56 Å². The molecule has 0 saturated heterocycles. The summed E-state index contributed by atoms with van der Waals surface area (Å²) in [5.41, 5.74) is 1.03. The van der Waals surface area contributed by atoms with E-state index in [1.165, 1.54) is 28.8 Å². The van der Waals surface area contributed by atoms with Gasteiger partial charge in [0.1, 0.15) is 0 Å². The molecule has 0 bridgehead atoms. The summed E-state index contributed by atoms with van der Waals surface area (Å²) in [6, 6.07) is 7.72. The Hall–Kier alpha value is -1.80. The molecule has 3 nitrogen and oxygen atoms in total. The third-order valence-electron chi connectivity index (χ3n) is 4.21. The summed E-state index contributed by atoms with van der Waals surface area (Å²) in [6.45, 7) is 6.26. The van der Waals surface area contributed by atoms with Crippen LogP contribution in [0.5, 0.6) is 0 Å². The molecule has 2 heterocycles. The molecule has 0 fully saturated rings. The maximum atomic E-state index is 12.9. The Kier molecular flexibility index (Phi) is 6.50. The summed E-state index contributed by atoms with van der Waals surface area (Å²) in [7, 11) is 0. The largest absolute Gasteiger partial charge is 0.416 e. The molecule has 0 aliphatic rings. The normalized spacial score (nSPS) is 12.1. The van der Waals surface area contributed by atoms with Gasteiger partial charge in [0.25, 0.3) is 0 Å². The van der Waals surface area contributed by atoms with Gasteiger partial charge in [0.2, 0.25) is 0 Å². The van der Waals surface area contributed by atoms with E-state index in [9.17, 15) is 13.2 Å². The second kappa shape index (κ2) is 8.69. The van der Waals surface area contributed by atoms with Crippen LogP contribution in [0.15, 0.2) is 40.9 Å². The molecule has 3 aromatic rings. The van der Waals surface area contributed by atoms with Crippen molar-refractivity contribution in [1.82, 2.24) is 14.8 Å². The monoisotopic (exact) mass is 425 g/mol. The number of aromatic nitrogens is 3. The molecule has 28 heavy (non-hydrogen) atoms. The zero-order chi connectivity index (χ0) is 20.3. The van der Waals surface area contributed by atoms with Gasteiger partial charge in [-0.1, -0.05) is 43.3 Å². The number of thioether (sulfide) groups is 1. The highest BCUT2D eigenvalue weighted by atomic mass is 32.2. The van der Waals surface area contributed by atoms with Crippen molar-refractivity contribution >= 4 is 23.1 Å². The molecule has 0 atom stereocenters. The summed E-state index contributed by atoms with van der Waals surface area (Å²) >= 11 is 3.12. The molecule has 0 unspecified atom stereocenters. The lowest BCUT2D eigenvalue weighted by Gasteiger charge is -2.13. The third-order valence-corrected chi connectivity index (χ3v) is 6.22. The Bertz CT molecular complexity index is 929. The summed E-state index contributed by atoms with van der Waals surface area (Å²) in [6.07, 6.45) is -2.20. The Morgan fingerprint density at radius 3 is 2.64 bits per heavy atom. The molecular formula is C20H22F3N3S2. The average Bonchev–Trinajstić information content (AvgIpc) is 3.26. The van der Waals surface area contributed by atoms with Crippen molar-refractivity contribution in [2.75, 3.05) is 0 Å². The number of benzene rings is 1. The van der Waals surface area contributed by atoms with Crippen LogP contribution in [-0.4, -0.2) is 14.8 Å². The minimum absolute atomic E-state index is 0.142. The lowest BCUT2D eigenvalue weighted by atomic mass is 10.1. The number of thiophene rings is 1.